The molecular weight excluding hydrogens is 260 g/mol. The average molecular weight is 264 g/mol. The lowest BCUT2D eigenvalue weighted by molar-refractivity contribution is 0.561. The van der Waals surface area contributed by atoms with Crippen molar-refractivity contribution >= 4 is 33.6 Å². The van der Waals surface area contributed by atoms with E-state index in [9.17, 15) is 9.18 Å². The zero-order valence-electron chi connectivity index (χ0n) is 6.35. The highest BCUT2D eigenvalue weighted by Crippen LogP contribution is 2.26. The maximum absolute atomic E-state index is 13.2. The molecule has 0 amide bonds. The highest BCUT2D eigenvalue weighted by Gasteiger charge is 2.09. The summed E-state index contributed by atoms with van der Waals surface area (Å²) in [6, 6.07) is 3.02. The van der Waals surface area contributed by atoms with Gasteiger partial charge in [-0.25, -0.2) is 14.2 Å². The molecule has 0 saturated carbocycles. The monoisotopic (exact) mass is 263 g/mol. The molecule has 0 fully saturated rings. The minimum Gasteiger partial charge on any atom is -0.211 e. The Hall–Kier alpha value is -0.700. The van der Waals surface area contributed by atoms with E-state index in [0.717, 1.165) is 0 Å². The van der Waals surface area contributed by atoms with E-state index in [1.165, 1.54) is 12.1 Å². The predicted octanol–water partition coefficient (Wildman–Crippen LogP) is 3.08. The first-order valence-electron chi connectivity index (χ1n) is 3.33. The van der Waals surface area contributed by atoms with Crippen LogP contribution in [0.15, 0.2) is 21.6 Å². The fraction of sp³-hybridized carbons (Fsp3) is 0.125. The van der Waals surface area contributed by atoms with E-state index < -0.39 is 5.82 Å². The van der Waals surface area contributed by atoms with Crippen molar-refractivity contribution in [2.75, 3.05) is 0 Å². The maximum atomic E-state index is 13.2. The summed E-state index contributed by atoms with van der Waals surface area (Å²) >= 11 is 8.65. The molecule has 0 N–H and O–H groups in total. The largest absolute Gasteiger partial charge is 0.235 e. The van der Waals surface area contributed by atoms with Gasteiger partial charge >= 0.3 is 0 Å². The second kappa shape index (κ2) is 4.51. The topological polar surface area (TPSA) is 29.4 Å². The molecule has 0 heterocycles. The third-order valence-electron chi connectivity index (χ3n) is 1.44. The van der Waals surface area contributed by atoms with Gasteiger partial charge in [0.25, 0.3) is 0 Å². The quantitative estimate of drug-likeness (QED) is 0.458. The number of halogens is 3. The fourth-order valence-electron chi connectivity index (χ4n) is 0.825. The van der Waals surface area contributed by atoms with Gasteiger partial charge in [-0.15, -0.1) is 0 Å². The van der Waals surface area contributed by atoms with E-state index in [2.05, 4.69) is 20.9 Å². The van der Waals surface area contributed by atoms with Gasteiger partial charge < -0.3 is 0 Å². The van der Waals surface area contributed by atoms with Crippen LogP contribution < -0.4 is 0 Å². The van der Waals surface area contributed by atoms with Gasteiger partial charge in [0.2, 0.25) is 6.08 Å². The van der Waals surface area contributed by atoms with Crippen molar-refractivity contribution < 1.29 is 9.18 Å². The van der Waals surface area contributed by atoms with Crippen molar-refractivity contribution in [2.24, 2.45) is 4.99 Å². The van der Waals surface area contributed by atoms with Crippen molar-refractivity contribution in [1.29, 1.82) is 0 Å². The second-order valence-corrected chi connectivity index (χ2v) is 3.49. The zero-order valence-corrected chi connectivity index (χ0v) is 8.69. The number of hydrogen-bond acceptors (Lipinski definition) is 2. The first kappa shape index (κ1) is 10.4. The summed E-state index contributed by atoms with van der Waals surface area (Å²) in [5.74, 6) is -0.560. The van der Waals surface area contributed by atoms with Gasteiger partial charge in [-0.05, 0) is 12.1 Å². The highest BCUT2D eigenvalue weighted by atomic mass is 79.9. The van der Waals surface area contributed by atoms with Crippen LogP contribution in [0.5, 0.6) is 0 Å². The number of hydrogen-bond donors (Lipinski definition) is 0. The third kappa shape index (κ3) is 2.37. The summed E-state index contributed by atoms with van der Waals surface area (Å²) in [5.41, 5.74) is 0.260. The molecule has 13 heavy (non-hydrogen) atoms. The molecule has 68 valence electrons. The number of nitrogens with zero attached hydrogens (tertiary/aromatic N) is 1. The molecule has 0 saturated heterocycles. The lowest BCUT2D eigenvalue weighted by Crippen LogP contribution is -1.91. The number of carbonyl (C=O) groups excluding carboxylic acids is 1. The smallest absolute Gasteiger partial charge is 0.211 e. The second-order valence-electron chi connectivity index (χ2n) is 2.23. The van der Waals surface area contributed by atoms with Crippen LogP contribution in [0.25, 0.3) is 0 Å². The van der Waals surface area contributed by atoms with Crippen LogP contribution >= 0.6 is 27.5 Å². The molecule has 0 aliphatic carbocycles. The first-order valence-corrected chi connectivity index (χ1v) is 4.50. The van der Waals surface area contributed by atoms with Crippen LogP contribution in [0.2, 0.25) is 5.02 Å². The Balaban J connectivity index is 3.16. The van der Waals surface area contributed by atoms with E-state index >= 15 is 0 Å². The van der Waals surface area contributed by atoms with Crippen LogP contribution in [0.3, 0.4) is 0 Å². The van der Waals surface area contributed by atoms with E-state index in [1.54, 1.807) is 6.07 Å². The highest BCUT2D eigenvalue weighted by molar-refractivity contribution is 9.10. The molecule has 0 unspecified atom stereocenters. The lowest BCUT2D eigenvalue weighted by atomic mass is 10.2. The van der Waals surface area contributed by atoms with Gasteiger partial charge in [0, 0.05) is 10.0 Å². The number of aliphatic imine (C=N–C) groups is 1. The van der Waals surface area contributed by atoms with Crippen molar-refractivity contribution in [3.8, 4) is 0 Å². The van der Waals surface area contributed by atoms with Gasteiger partial charge in [0.05, 0.1) is 11.6 Å². The molecule has 0 atom stereocenters. The number of benzene rings is 1. The summed E-state index contributed by atoms with van der Waals surface area (Å²) < 4.78 is 13.8. The molecule has 1 rings (SSSR count). The standard InChI is InChI=1S/C8H4BrClFNO/c9-6-1-2-7(10)8(11)5(6)3-12-4-13/h1-2H,3H2. The van der Waals surface area contributed by atoms with E-state index in [-0.39, 0.29) is 17.1 Å². The molecule has 1 aromatic carbocycles. The Morgan fingerprint density at radius 3 is 2.92 bits per heavy atom. The molecule has 2 nitrogen and oxygen atoms in total. The average Bonchev–Trinajstić information content (AvgIpc) is 2.12. The van der Waals surface area contributed by atoms with Crippen LogP contribution in [0, 0.1) is 5.82 Å². The SMILES string of the molecule is O=C=NCc1c(Br)ccc(Cl)c1F. The van der Waals surface area contributed by atoms with Crippen LogP contribution in [-0.4, -0.2) is 6.08 Å². The fourth-order valence-corrected chi connectivity index (χ4v) is 1.43. The minimum atomic E-state index is -0.560. The van der Waals surface area contributed by atoms with Crippen molar-refractivity contribution in [2.45, 2.75) is 6.54 Å². The predicted molar refractivity (Wildman–Crippen MR) is 50.9 cm³/mol. The van der Waals surface area contributed by atoms with Crippen LogP contribution in [-0.2, 0) is 11.3 Å². The molecule has 0 aromatic heterocycles. The Morgan fingerprint density at radius 2 is 2.31 bits per heavy atom. The van der Waals surface area contributed by atoms with Crippen molar-refractivity contribution in [3.05, 3.63) is 33.0 Å². The Labute approximate surface area is 87.6 Å². The lowest BCUT2D eigenvalue weighted by Gasteiger charge is -2.02. The van der Waals surface area contributed by atoms with Gasteiger partial charge in [0.15, 0.2) is 0 Å². The van der Waals surface area contributed by atoms with Gasteiger partial charge in [0.1, 0.15) is 5.82 Å². The number of isocyanates is 1. The van der Waals surface area contributed by atoms with Gasteiger partial charge in [-0.2, -0.15) is 0 Å². The molecule has 0 aliphatic heterocycles. The van der Waals surface area contributed by atoms with E-state index in [4.69, 9.17) is 11.6 Å². The third-order valence-corrected chi connectivity index (χ3v) is 2.48. The summed E-state index contributed by atoms with van der Waals surface area (Å²) in [6.07, 6.45) is 1.33. The summed E-state index contributed by atoms with van der Waals surface area (Å²) in [4.78, 5) is 13.1. The first-order chi connectivity index (χ1) is 6.16. The Morgan fingerprint density at radius 1 is 1.62 bits per heavy atom. The number of rotatable bonds is 2. The van der Waals surface area contributed by atoms with Crippen LogP contribution in [0.4, 0.5) is 4.39 Å². The van der Waals surface area contributed by atoms with Crippen LogP contribution in [0.1, 0.15) is 5.56 Å². The molecule has 0 bridgehead atoms. The summed E-state index contributed by atoms with van der Waals surface area (Å²) in [5, 5.41) is 0.0132. The summed E-state index contributed by atoms with van der Waals surface area (Å²) in [6.45, 7) is -0.0591. The molecule has 0 aliphatic rings. The molecule has 0 radical (unpaired) electrons. The molecule has 1 aromatic rings. The maximum Gasteiger partial charge on any atom is 0.235 e. The zero-order chi connectivity index (χ0) is 9.84. The van der Waals surface area contributed by atoms with E-state index in [0.29, 0.717) is 4.47 Å². The van der Waals surface area contributed by atoms with Gasteiger partial charge in [-0.3, -0.25) is 0 Å². The van der Waals surface area contributed by atoms with E-state index in [1.807, 2.05) is 0 Å². The van der Waals surface area contributed by atoms with Crippen molar-refractivity contribution in [1.82, 2.24) is 0 Å². The normalized spacial score (nSPS) is 9.46. The summed E-state index contributed by atoms with van der Waals surface area (Å²) in [7, 11) is 0. The molecular formula is C8H4BrClFNO. The molecule has 5 heteroatoms. The Kier molecular flexibility index (Phi) is 3.60. The van der Waals surface area contributed by atoms with Crippen molar-refractivity contribution in [3.63, 3.8) is 0 Å². The minimum absolute atomic E-state index is 0.0132. The molecule has 0 spiro atoms. The van der Waals surface area contributed by atoms with Gasteiger partial charge in [-0.1, -0.05) is 27.5 Å². The Bertz CT molecular complexity index is 377.